The van der Waals surface area contributed by atoms with Gasteiger partial charge in [0.25, 0.3) is 0 Å². The molecule has 0 radical (unpaired) electrons. The number of anilines is 1. The van der Waals surface area contributed by atoms with E-state index in [9.17, 15) is 8.42 Å². The van der Waals surface area contributed by atoms with Gasteiger partial charge in [-0.1, -0.05) is 12.1 Å². The zero-order chi connectivity index (χ0) is 21.1. The summed E-state index contributed by atoms with van der Waals surface area (Å²) >= 11 is 0. The van der Waals surface area contributed by atoms with Gasteiger partial charge < -0.3 is 5.32 Å². The van der Waals surface area contributed by atoms with Crippen LogP contribution in [-0.4, -0.2) is 46.6 Å². The van der Waals surface area contributed by atoms with Crippen LogP contribution in [0, 0.1) is 11.3 Å². The van der Waals surface area contributed by atoms with Crippen molar-refractivity contribution in [1.29, 1.82) is 5.26 Å². The molecule has 3 heterocycles. The highest BCUT2D eigenvalue weighted by Crippen LogP contribution is 2.25. The summed E-state index contributed by atoms with van der Waals surface area (Å²) in [5.74, 6) is 0.696. The number of hydrogen-bond donors (Lipinski definition) is 1. The Morgan fingerprint density at radius 1 is 1.07 bits per heavy atom. The topological polar surface area (TPSA) is 104 Å². The number of aromatic nitrogens is 3. The molecule has 0 unspecified atom stereocenters. The second kappa shape index (κ2) is 8.26. The van der Waals surface area contributed by atoms with Gasteiger partial charge in [0.15, 0.2) is 0 Å². The lowest BCUT2D eigenvalue weighted by molar-refractivity contribution is 0.329. The van der Waals surface area contributed by atoms with Crippen molar-refractivity contribution < 1.29 is 8.42 Å². The van der Waals surface area contributed by atoms with Crippen molar-refractivity contribution in [1.82, 2.24) is 19.1 Å². The minimum atomic E-state index is -3.53. The average molecular weight is 423 g/mol. The van der Waals surface area contributed by atoms with Crippen LogP contribution in [0.4, 0.5) is 5.82 Å². The zero-order valence-corrected chi connectivity index (χ0v) is 17.4. The first-order valence-corrected chi connectivity index (χ1v) is 11.1. The largest absolute Gasteiger partial charge is 0.367 e. The summed E-state index contributed by atoms with van der Waals surface area (Å²) in [6.07, 6.45) is 6.55. The fourth-order valence-electron chi connectivity index (χ4n) is 3.53. The molecule has 2 aromatic heterocycles. The first-order chi connectivity index (χ1) is 14.5. The number of sulfonamides is 1. The summed E-state index contributed by atoms with van der Waals surface area (Å²) in [7, 11) is -1.68. The van der Waals surface area contributed by atoms with Crippen LogP contribution in [0.25, 0.3) is 11.1 Å². The van der Waals surface area contributed by atoms with Gasteiger partial charge >= 0.3 is 0 Å². The van der Waals surface area contributed by atoms with Crippen molar-refractivity contribution >= 4 is 15.8 Å². The first-order valence-electron chi connectivity index (χ1n) is 9.67. The molecule has 0 bridgehead atoms. The van der Waals surface area contributed by atoms with Gasteiger partial charge in [0.2, 0.25) is 10.0 Å². The molecule has 4 rings (SSSR count). The van der Waals surface area contributed by atoms with Crippen LogP contribution in [0.5, 0.6) is 0 Å². The zero-order valence-electron chi connectivity index (χ0n) is 16.6. The fourth-order valence-corrected chi connectivity index (χ4v) is 5.00. The van der Waals surface area contributed by atoms with Crippen LogP contribution in [0.15, 0.2) is 59.9 Å². The van der Waals surface area contributed by atoms with E-state index < -0.39 is 10.0 Å². The van der Waals surface area contributed by atoms with Gasteiger partial charge in [-0.05, 0) is 42.7 Å². The minimum Gasteiger partial charge on any atom is -0.367 e. The average Bonchev–Trinajstić information content (AvgIpc) is 3.21. The van der Waals surface area contributed by atoms with Crippen molar-refractivity contribution in [3.63, 3.8) is 0 Å². The maximum atomic E-state index is 13.0. The van der Waals surface area contributed by atoms with E-state index in [2.05, 4.69) is 15.4 Å². The molecule has 1 aromatic carbocycles. The van der Waals surface area contributed by atoms with Crippen LogP contribution in [0.2, 0.25) is 0 Å². The van der Waals surface area contributed by atoms with Crippen LogP contribution >= 0.6 is 0 Å². The maximum absolute atomic E-state index is 13.0. The highest BCUT2D eigenvalue weighted by atomic mass is 32.2. The summed E-state index contributed by atoms with van der Waals surface area (Å²) < 4.78 is 29.3. The third-order valence-electron chi connectivity index (χ3n) is 5.23. The summed E-state index contributed by atoms with van der Waals surface area (Å²) in [5, 5.41) is 16.3. The molecule has 1 saturated heterocycles. The molecule has 3 aromatic rings. The number of pyridine rings is 1. The van der Waals surface area contributed by atoms with Gasteiger partial charge in [-0.15, -0.1) is 0 Å². The number of nitrogens with one attached hydrogen (secondary N) is 1. The molecule has 0 atom stereocenters. The molecule has 1 aliphatic heterocycles. The van der Waals surface area contributed by atoms with E-state index in [4.69, 9.17) is 5.26 Å². The van der Waals surface area contributed by atoms with E-state index >= 15 is 0 Å². The number of hydrogen-bond acceptors (Lipinski definition) is 6. The Kier molecular flexibility index (Phi) is 5.53. The van der Waals surface area contributed by atoms with Gasteiger partial charge in [-0.2, -0.15) is 14.7 Å². The number of rotatable bonds is 5. The van der Waals surface area contributed by atoms with Crippen molar-refractivity contribution in [3.05, 3.63) is 60.6 Å². The normalized spacial score (nSPS) is 15.6. The number of benzene rings is 1. The van der Waals surface area contributed by atoms with Crippen molar-refractivity contribution in [2.45, 2.75) is 23.8 Å². The SMILES string of the molecule is Cn1cc(-c2ccc(S(=O)(=O)N3CCC(Nc4ccc(C#N)cn4)CC3)cc2)cn1. The molecule has 30 heavy (non-hydrogen) atoms. The molecule has 154 valence electrons. The monoisotopic (exact) mass is 422 g/mol. The smallest absolute Gasteiger partial charge is 0.243 e. The van der Waals surface area contributed by atoms with Crippen LogP contribution in [0.1, 0.15) is 18.4 Å². The van der Waals surface area contributed by atoms with Crippen LogP contribution in [-0.2, 0) is 17.1 Å². The summed E-state index contributed by atoms with van der Waals surface area (Å²) in [5.41, 5.74) is 2.39. The molecule has 1 N–H and O–H groups in total. The fraction of sp³-hybridized carbons (Fsp3) is 0.286. The second-order valence-corrected chi connectivity index (χ2v) is 9.23. The highest BCUT2D eigenvalue weighted by molar-refractivity contribution is 7.89. The molecular formula is C21H22N6O2S. The molecule has 9 heteroatoms. The van der Waals surface area contributed by atoms with Crippen LogP contribution in [0.3, 0.4) is 0 Å². The lowest BCUT2D eigenvalue weighted by atomic mass is 10.1. The van der Waals surface area contributed by atoms with Gasteiger partial charge in [0, 0.05) is 44.1 Å². The Morgan fingerprint density at radius 3 is 2.37 bits per heavy atom. The van der Waals surface area contributed by atoms with Crippen molar-refractivity contribution in [2.24, 2.45) is 7.05 Å². The van der Waals surface area contributed by atoms with Gasteiger partial charge in [0.05, 0.1) is 16.7 Å². The number of aryl methyl sites for hydroxylation is 1. The Hall–Kier alpha value is -3.22. The Morgan fingerprint density at radius 2 is 1.80 bits per heavy atom. The molecule has 0 saturated carbocycles. The van der Waals surface area contributed by atoms with E-state index in [0.29, 0.717) is 42.2 Å². The number of piperidine rings is 1. The first kappa shape index (κ1) is 20.1. The Bertz CT molecular complexity index is 1160. The minimum absolute atomic E-state index is 0.143. The highest BCUT2D eigenvalue weighted by Gasteiger charge is 2.29. The third-order valence-corrected chi connectivity index (χ3v) is 7.14. The number of nitrogens with zero attached hydrogens (tertiary/aromatic N) is 5. The van der Waals surface area contributed by atoms with E-state index in [-0.39, 0.29) is 6.04 Å². The molecule has 1 aliphatic rings. The van der Waals surface area contributed by atoms with Gasteiger partial charge in [0.1, 0.15) is 11.9 Å². The van der Waals surface area contributed by atoms with Crippen molar-refractivity contribution in [2.75, 3.05) is 18.4 Å². The quantitative estimate of drug-likeness (QED) is 0.678. The van der Waals surface area contributed by atoms with E-state index in [1.54, 1.807) is 35.1 Å². The third kappa shape index (κ3) is 4.20. The van der Waals surface area contributed by atoms with E-state index in [1.165, 1.54) is 10.5 Å². The van der Waals surface area contributed by atoms with E-state index in [1.807, 2.05) is 31.4 Å². The summed E-state index contributed by atoms with van der Waals surface area (Å²) in [6.45, 7) is 0.890. The maximum Gasteiger partial charge on any atom is 0.243 e. The van der Waals surface area contributed by atoms with Gasteiger partial charge in [-0.25, -0.2) is 13.4 Å². The van der Waals surface area contributed by atoms with E-state index in [0.717, 1.165) is 11.1 Å². The van der Waals surface area contributed by atoms with Gasteiger partial charge in [-0.3, -0.25) is 4.68 Å². The predicted molar refractivity (Wildman–Crippen MR) is 113 cm³/mol. The molecule has 0 aliphatic carbocycles. The Balaban J connectivity index is 1.39. The molecule has 1 fully saturated rings. The molecule has 0 spiro atoms. The molecular weight excluding hydrogens is 400 g/mol. The molecule has 8 nitrogen and oxygen atoms in total. The standard InChI is InChI=1S/C21H22N6O2S/c1-26-15-18(14-24-26)17-3-5-20(6-4-17)30(28,29)27-10-8-19(9-11-27)25-21-7-2-16(12-22)13-23-21/h2-7,13-15,19H,8-11H2,1H3,(H,23,25). The Labute approximate surface area is 175 Å². The molecule has 0 amide bonds. The lowest BCUT2D eigenvalue weighted by Crippen LogP contribution is -2.42. The van der Waals surface area contributed by atoms with Crippen molar-refractivity contribution in [3.8, 4) is 17.2 Å². The number of nitriles is 1. The predicted octanol–water partition coefficient (Wildman–Crippen LogP) is 2.62. The second-order valence-electron chi connectivity index (χ2n) is 7.29. The van der Waals surface area contributed by atoms with Crippen LogP contribution < -0.4 is 5.32 Å². The summed E-state index contributed by atoms with van der Waals surface area (Å²) in [6, 6.07) is 12.6. The summed E-state index contributed by atoms with van der Waals surface area (Å²) in [4.78, 5) is 4.52. The lowest BCUT2D eigenvalue weighted by Gasteiger charge is -2.31.